The highest BCUT2D eigenvalue weighted by molar-refractivity contribution is 7.92. The molecular formula is C25H30F2N4O5S. The average Bonchev–Trinajstić information content (AvgIpc) is 3.22. The van der Waals surface area contributed by atoms with Gasteiger partial charge in [-0.25, -0.2) is 22.2 Å². The summed E-state index contributed by atoms with van der Waals surface area (Å²) in [5.41, 5.74) is 2.47. The molecule has 3 aromatic rings. The van der Waals surface area contributed by atoms with Crippen molar-refractivity contribution < 1.29 is 31.5 Å². The van der Waals surface area contributed by atoms with E-state index < -0.39 is 39.7 Å². The van der Waals surface area contributed by atoms with E-state index in [0.29, 0.717) is 6.54 Å². The molecule has 200 valence electrons. The number of aryl methyl sites for hydroxylation is 1. The number of hydrogen-bond acceptors (Lipinski definition) is 7. The van der Waals surface area contributed by atoms with Crippen molar-refractivity contribution in [3.05, 3.63) is 82.9 Å². The van der Waals surface area contributed by atoms with Crippen molar-refractivity contribution in [2.75, 3.05) is 17.5 Å². The van der Waals surface area contributed by atoms with Crippen LogP contribution in [0.3, 0.4) is 0 Å². The minimum atomic E-state index is -3.58. The van der Waals surface area contributed by atoms with Gasteiger partial charge in [-0.3, -0.25) is 9.52 Å². The number of rotatable bonds is 13. The molecule has 1 amide bonds. The Morgan fingerprint density at radius 2 is 1.81 bits per heavy atom. The van der Waals surface area contributed by atoms with Gasteiger partial charge in [-0.2, -0.15) is 0 Å². The van der Waals surface area contributed by atoms with E-state index in [0.717, 1.165) is 42.6 Å². The molecule has 1 aromatic heterocycles. The van der Waals surface area contributed by atoms with E-state index in [1.165, 1.54) is 5.56 Å². The fourth-order valence-electron chi connectivity index (χ4n) is 3.75. The van der Waals surface area contributed by atoms with Crippen LogP contribution in [0.15, 0.2) is 53.1 Å². The third-order valence-electron chi connectivity index (χ3n) is 5.42. The number of amides is 1. The number of aromatic nitrogens is 1. The van der Waals surface area contributed by atoms with Crippen molar-refractivity contribution in [3.63, 3.8) is 0 Å². The first-order valence-electron chi connectivity index (χ1n) is 11.6. The summed E-state index contributed by atoms with van der Waals surface area (Å²) in [6, 6.07) is 10.1. The second-order valence-corrected chi connectivity index (χ2v) is 10.4. The molecule has 0 radical (unpaired) electrons. The van der Waals surface area contributed by atoms with Crippen LogP contribution in [0.25, 0.3) is 0 Å². The lowest BCUT2D eigenvalue weighted by atomic mass is 10.00. The molecular weight excluding hydrogens is 506 g/mol. The molecule has 0 spiro atoms. The summed E-state index contributed by atoms with van der Waals surface area (Å²) in [5.74, 6) is -2.32. The summed E-state index contributed by atoms with van der Waals surface area (Å²) >= 11 is 0. The third kappa shape index (κ3) is 9.56. The van der Waals surface area contributed by atoms with E-state index in [9.17, 15) is 27.1 Å². The minimum absolute atomic E-state index is 0.0406. The summed E-state index contributed by atoms with van der Waals surface area (Å²) < 4.78 is 57.4. The number of hydrogen-bond donors (Lipinski definition) is 4. The molecule has 2 atom stereocenters. The van der Waals surface area contributed by atoms with Crippen LogP contribution in [-0.2, 0) is 40.6 Å². The maximum absolute atomic E-state index is 13.7. The van der Waals surface area contributed by atoms with E-state index in [-0.39, 0.29) is 36.7 Å². The summed E-state index contributed by atoms with van der Waals surface area (Å²) in [5, 5.41) is 16.7. The van der Waals surface area contributed by atoms with E-state index in [2.05, 4.69) is 33.3 Å². The van der Waals surface area contributed by atoms with Crippen molar-refractivity contribution in [1.29, 1.82) is 0 Å². The monoisotopic (exact) mass is 536 g/mol. The summed E-state index contributed by atoms with van der Waals surface area (Å²) in [6.07, 6.45) is 1.48. The number of aliphatic hydroxyl groups is 1. The first-order chi connectivity index (χ1) is 17.5. The highest BCUT2D eigenvalue weighted by Gasteiger charge is 2.23. The van der Waals surface area contributed by atoms with Crippen LogP contribution in [0.5, 0.6) is 0 Å². The third-order valence-corrected chi connectivity index (χ3v) is 5.99. The van der Waals surface area contributed by atoms with Crippen LogP contribution < -0.4 is 15.4 Å². The van der Waals surface area contributed by atoms with Crippen LogP contribution in [0.4, 0.5) is 14.7 Å². The molecule has 12 heteroatoms. The largest absolute Gasteiger partial charge is 0.424 e. The van der Waals surface area contributed by atoms with Gasteiger partial charge >= 0.3 is 0 Å². The van der Waals surface area contributed by atoms with Gasteiger partial charge in [0.25, 0.3) is 0 Å². The van der Waals surface area contributed by atoms with Crippen LogP contribution >= 0.6 is 0 Å². The lowest BCUT2D eigenvalue weighted by Gasteiger charge is -2.25. The van der Waals surface area contributed by atoms with Gasteiger partial charge in [-0.1, -0.05) is 31.2 Å². The number of carbonyl (C=O) groups is 1. The highest BCUT2D eigenvalue weighted by Crippen LogP contribution is 2.14. The maximum atomic E-state index is 13.7. The number of halogens is 2. The van der Waals surface area contributed by atoms with E-state index in [4.69, 9.17) is 4.42 Å². The molecule has 0 unspecified atom stereocenters. The van der Waals surface area contributed by atoms with Gasteiger partial charge < -0.3 is 20.2 Å². The molecule has 0 aliphatic heterocycles. The van der Waals surface area contributed by atoms with Crippen molar-refractivity contribution in [2.24, 2.45) is 0 Å². The quantitative estimate of drug-likeness (QED) is 0.263. The Morgan fingerprint density at radius 3 is 2.49 bits per heavy atom. The zero-order valence-corrected chi connectivity index (χ0v) is 21.3. The van der Waals surface area contributed by atoms with Gasteiger partial charge in [0, 0.05) is 19.2 Å². The number of sulfonamides is 1. The Labute approximate surface area is 214 Å². The Morgan fingerprint density at radius 1 is 1.11 bits per heavy atom. The first kappa shape index (κ1) is 28.2. The number of aliphatic hydroxyl groups excluding tert-OH is 1. The Balaban J connectivity index is 1.66. The Hall–Kier alpha value is -3.35. The van der Waals surface area contributed by atoms with Gasteiger partial charge in [-0.05, 0) is 41.7 Å². The highest BCUT2D eigenvalue weighted by atomic mass is 32.2. The summed E-state index contributed by atoms with van der Waals surface area (Å²) in [7, 11) is -3.58. The van der Waals surface area contributed by atoms with E-state index >= 15 is 0 Å². The zero-order valence-electron chi connectivity index (χ0n) is 20.5. The summed E-state index contributed by atoms with van der Waals surface area (Å²) in [6.45, 7) is 2.63. The standard InChI is InChI=1S/C25H30F2N4O5S/c1-3-16-5-4-6-17(7-16)13-28-14-22(32)21(10-18-8-19(26)11-20(27)9-18)30-23(33)12-24-29-15-25(36-24)31-37(2,34)35/h4-9,11,15,21-22,28,31-32H,3,10,12-14H2,1-2H3,(H,30,33)/t21-,22+/m0/s1. The van der Waals surface area contributed by atoms with Gasteiger partial charge in [0.15, 0.2) is 0 Å². The predicted molar refractivity (Wildman–Crippen MR) is 134 cm³/mol. The number of oxazole rings is 1. The fourth-order valence-corrected chi connectivity index (χ4v) is 4.21. The molecule has 37 heavy (non-hydrogen) atoms. The van der Waals surface area contributed by atoms with Crippen LogP contribution in [0.2, 0.25) is 0 Å². The lowest BCUT2D eigenvalue weighted by Crippen LogP contribution is -2.49. The van der Waals surface area contributed by atoms with Gasteiger partial charge in [0.2, 0.25) is 27.7 Å². The normalized spacial score (nSPS) is 13.2. The van der Waals surface area contributed by atoms with Gasteiger partial charge in [0.1, 0.15) is 18.1 Å². The summed E-state index contributed by atoms with van der Waals surface area (Å²) in [4.78, 5) is 16.6. The first-order valence-corrected chi connectivity index (χ1v) is 13.5. The molecule has 0 saturated heterocycles. The molecule has 0 saturated carbocycles. The Bertz CT molecular complexity index is 1300. The van der Waals surface area contributed by atoms with Crippen LogP contribution in [0, 0.1) is 11.6 Å². The van der Waals surface area contributed by atoms with Crippen molar-refractivity contribution in [3.8, 4) is 0 Å². The fraction of sp³-hybridized carbons (Fsp3) is 0.360. The predicted octanol–water partition coefficient (Wildman–Crippen LogP) is 2.31. The number of anilines is 1. The molecule has 0 aliphatic carbocycles. The molecule has 0 bridgehead atoms. The number of nitrogens with zero attached hydrogens (tertiary/aromatic N) is 1. The van der Waals surface area contributed by atoms with Gasteiger partial charge in [-0.15, -0.1) is 0 Å². The molecule has 1 heterocycles. The Kier molecular flexibility index (Phi) is 9.73. The smallest absolute Gasteiger partial charge is 0.232 e. The van der Waals surface area contributed by atoms with Crippen LogP contribution in [0.1, 0.15) is 29.5 Å². The molecule has 9 nitrogen and oxygen atoms in total. The number of carbonyl (C=O) groups excluding carboxylic acids is 1. The number of benzene rings is 2. The van der Waals surface area contributed by atoms with Crippen molar-refractivity contribution in [1.82, 2.24) is 15.6 Å². The lowest BCUT2D eigenvalue weighted by molar-refractivity contribution is -0.122. The second-order valence-electron chi connectivity index (χ2n) is 8.70. The average molecular weight is 537 g/mol. The van der Waals surface area contributed by atoms with Crippen LogP contribution in [-0.4, -0.2) is 49.4 Å². The molecule has 3 rings (SSSR count). The van der Waals surface area contributed by atoms with E-state index in [1.807, 2.05) is 18.2 Å². The second kappa shape index (κ2) is 12.7. The van der Waals surface area contributed by atoms with E-state index in [1.54, 1.807) is 0 Å². The van der Waals surface area contributed by atoms with Crippen molar-refractivity contribution >= 4 is 21.8 Å². The molecule has 0 fully saturated rings. The molecule has 2 aromatic carbocycles. The van der Waals surface area contributed by atoms with Crippen molar-refractivity contribution in [2.45, 2.75) is 44.9 Å². The maximum Gasteiger partial charge on any atom is 0.232 e. The minimum Gasteiger partial charge on any atom is -0.424 e. The SMILES string of the molecule is CCc1cccc(CNC[C@@H](O)[C@H](Cc2cc(F)cc(F)c2)NC(=O)Cc2ncc(NS(C)(=O)=O)o2)c1. The number of nitrogens with one attached hydrogen (secondary N) is 3. The molecule has 4 N–H and O–H groups in total. The zero-order chi connectivity index (χ0) is 27.0. The topological polar surface area (TPSA) is 134 Å². The van der Waals surface area contributed by atoms with Gasteiger partial charge in [0.05, 0.1) is 24.6 Å². The molecule has 0 aliphatic rings.